The van der Waals surface area contributed by atoms with Crippen molar-refractivity contribution in [3.8, 4) is 0 Å². The predicted octanol–water partition coefficient (Wildman–Crippen LogP) is 2.12. The zero-order valence-electron chi connectivity index (χ0n) is 15.4. The smallest absolute Gasteiger partial charge is 0.355 e. The Kier molecular flexibility index (Phi) is 6.87. The molecule has 1 aromatic carbocycles. The Bertz CT molecular complexity index is 840. The topological polar surface area (TPSA) is 102 Å². The monoisotopic (exact) mass is 370 g/mol. The number of carbonyl (C=O) groups excluding carboxylic acids is 3. The van der Waals surface area contributed by atoms with E-state index in [0.717, 1.165) is 0 Å². The van der Waals surface area contributed by atoms with Gasteiger partial charge in [-0.1, -0.05) is 30.3 Å². The number of hydrogen-bond acceptors (Lipinski definition) is 5. The van der Waals surface area contributed by atoms with Crippen molar-refractivity contribution in [2.75, 3.05) is 11.9 Å². The zero-order chi connectivity index (χ0) is 19.8. The molecule has 0 saturated carbocycles. The standard InChI is InChI=1S/C19H22N4O4/c1-13(2)23-17(9-10-20-23)22-18(25)12-27-19(26)16(21-14(3)24)11-15-7-5-4-6-8-15/h4-11,13H,12H2,1-3H3,(H,21,24)(H,22,25)/b16-11-. The van der Waals surface area contributed by atoms with Crippen LogP contribution >= 0.6 is 0 Å². The molecule has 0 aliphatic heterocycles. The lowest BCUT2D eigenvalue weighted by Crippen LogP contribution is -2.29. The SMILES string of the molecule is CC(=O)N/C(=C\c1ccccc1)C(=O)OCC(=O)Nc1ccnn1C(C)C. The number of anilines is 1. The molecule has 0 saturated heterocycles. The highest BCUT2D eigenvalue weighted by Crippen LogP contribution is 2.13. The normalized spacial score (nSPS) is 11.2. The Hall–Kier alpha value is -3.42. The number of nitrogens with one attached hydrogen (secondary N) is 2. The van der Waals surface area contributed by atoms with Crippen LogP contribution in [-0.2, 0) is 19.1 Å². The molecule has 0 spiro atoms. The number of rotatable bonds is 7. The Labute approximate surface area is 157 Å². The number of amides is 2. The third kappa shape index (κ3) is 6.10. The minimum Gasteiger partial charge on any atom is -0.451 e. The first-order chi connectivity index (χ1) is 12.9. The summed E-state index contributed by atoms with van der Waals surface area (Å²) in [6.45, 7) is 4.65. The van der Waals surface area contributed by atoms with Gasteiger partial charge in [-0.25, -0.2) is 9.48 Å². The van der Waals surface area contributed by atoms with Crippen molar-refractivity contribution in [1.29, 1.82) is 0 Å². The van der Waals surface area contributed by atoms with Crippen molar-refractivity contribution in [2.45, 2.75) is 26.8 Å². The molecule has 0 bridgehead atoms. The van der Waals surface area contributed by atoms with Crippen LogP contribution in [0, 0.1) is 0 Å². The van der Waals surface area contributed by atoms with E-state index in [9.17, 15) is 14.4 Å². The maximum absolute atomic E-state index is 12.3. The minimum absolute atomic E-state index is 0.0475. The second kappa shape index (κ2) is 9.33. The summed E-state index contributed by atoms with van der Waals surface area (Å²) in [5.41, 5.74) is 0.664. The molecule has 0 aliphatic carbocycles. The number of hydrogen-bond donors (Lipinski definition) is 2. The van der Waals surface area contributed by atoms with E-state index in [-0.39, 0.29) is 11.7 Å². The highest BCUT2D eigenvalue weighted by molar-refractivity contribution is 5.99. The van der Waals surface area contributed by atoms with Gasteiger partial charge < -0.3 is 15.4 Å². The molecule has 2 N–H and O–H groups in total. The lowest BCUT2D eigenvalue weighted by Gasteiger charge is -2.12. The van der Waals surface area contributed by atoms with Gasteiger partial charge in [0.05, 0.1) is 6.20 Å². The van der Waals surface area contributed by atoms with Crippen LogP contribution < -0.4 is 10.6 Å². The maximum Gasteiger partial charge on any atom is 0.355 e. The van der Waals surface area contributed by atoms with Gasteiger partial charge in [-0.15, -0.1) is 0 Å². The van der Waals surface area contributed by atoms with Crippen molar-refractivity contribution in [2.24, 2.45) is 0 Å². The van der Waals surface area contributed by atoms with Crippen LogP contribution in [0.15, 0.2) is 48.3 Å². The fraction of sp³-hybridized carbons (Fsp3) is 0.263. The molecule has 0 aliphatic rings. The van der Waals surface area contributed by atoms with Crippen LogP contribution in [0.2, 0.25) is 0 Å². The Morgan fingerprint density at radius 2 is 1.89 bits per heavy atom. The lowest BCUT2D eigenvalue weighted by atomic mass is 10.2. The molecule has 8 heteroatoms. The molecule has 1 aromatic heterocycles. The lowest BCUT2D eigenvalue weighted by molar-refractivity contribution is -0.144. The van der Waals surface area contributed by atoms with Crippen molar-refractivity contribution < 1.29 is 19.1 Å². The first-order valence-corrected chi connectivity index (χ1v) is 8.41. The molecule has 2 rings (SSSR count). The van der Waals surface area contributed by atoms with Crippen LogP contribution in [0.3, 0.4) is 0 Å². The molecule has 0 atom stereocenters. The van der Waals surface area contributed by atoms with Crippen LogP contribution in [0.1, 0.15) is 32.4 Å². The Morgan fingerprint density at radius 3 is 2.52 bits per heavy atom. The molecule has 2 aromatic rings. The van der Waals surface area contributed by atoms with E-state index in [1.54, 1.807) is 41.2 Å². The van der Waals surface area contributed by atoms with Gasteiger partial charge in [0.2, 0.25) is 5.91 Å². The number of nitrogens with zero attached hydrogens (tertiary/aromatic N) is 2. The summed E-state index contributed by atoms with van der Waals surface area (Å²) in [7, 11) is 0. The molecule has 0 radical (unpaired) electrons. The number of aromatic nitrogens is 2. The van der Waals surface area contributed by atoms with Crippen LogP contribution in [0.25, 0.3) is 6.08 Å². The van der Waals surface area contributed by atoms with E-state index in [2.05, 4.69) is 15.7 Å². The van der Waals surface area contributed by atoms with E-state index in [1.807, 2.05) is 19.9 Å². The second-order valence-corrected chi connectivity index (χ2v) is 6.03. The molecule has 0 unspecified atom stereocenters. The highest BCUT2D eigenvalue weighted by Gasteiger charge is 2.16. The van der Waals surface area contributed by atoms with Crippen LogP contribution in [-0.4, -0.2) is 34.2 Å². The molecular weight excluding hydrogens is 348 g/mol. The van der Waals surface area contributed by atoms with E-state index >= 15 is 0 Å². The molecule has 0 fully saturated rings. The third-order valence-corrected chi connectivity index (χ3v) is 3.40. The zero-order valence-corrected chi connectivity index (χ0v) is 15.4. The molecule has 2 amide bonds. The third-order valence-electron chi connectivity index (χ3n) is 3.40. The van der Waals surface area contributed by atoms with Gasteiger partial charge in [0.25, 0.3) is 5.91 Å². The highest BCUT2D eigenvalue weighted by atomic mass is 16.5. The summed E-state index contributed by atoms with van der Waals surface area (Å²) in [5.74, 6) is -1.22. The summed E-state index contributed by atoms with van der Waals surface area (Å²) in [5, 5.41) is 9.17. The van der Waals surface area contributed by atoms with Crippen molar-refractivity contribution in [3.05, 3.63) is 53.9 Å². The van der Waals surface area contributed by atoms with Gasteiger partial charge in [0, 0.05) is 19.0 Å². The molecule has 1 heterocycles. The Balaban J connectivity index is 2.00. The molecule has 8 nitrogen and oxygen atoms in total. The van der Waals surface area contributed by atoms with E-state index in [4.69, 9.17) is 4.74 Å². The number of benzene rings is 1. The summed E-state index contributed by atoms with van der Waals surface area (Å²) < 4.78 is 6.66. The average Bonchev–Trinajstić information content (AvgIpc) is 3.08. The summed E-state index contributed by atoms with van der Waals surface area (Å²) in [6.07, 6.45) is 3.05. The van der Waals surface area contributed by atoms with Gasteiger partial charge in [-0.2, -0.15) is 5.10 Å². The van der Waals surface area contributed by atoms with E-state index < -0.39 is 24.4 Å². The fourth-order valence-corrected chi connectivity index (χ4v) is 2.26. The fourth-order valence-electron chi connectivity index (χ4n) is 2.26. The molecular formula is C19H22N4O4. The average molecular weight is 370 g/mol. The summed E-state index contributed by atoms with van der Waals surface area (Å²) >= 11 is 0. The minimum atomic E-state index is -0.804. The van der Waals surface area contributed by atoms with E-state index in [1.165, 1.54) is 13.0 Å². The first-order valence-electron chi connectivity index (χ1n) is 8.41. The van der Waals surface area contributed by atoms with Gasteiger partial charge in [-0.3, -0.25) is 9.59 Å². The second-order valence-electron chi connectivity index (χ2n) is 6.03. The molecule has 27 heavy (non-hydrogen) atoms. The van der Waals surface area contributed by atoms with E-state index in [0.29, 0.717) is 11.4 Å². The quantitative estimate of drug-likeness (QED) is 0.574. The van der Waals surface area contributed by atoms with Gasteiger partial charge in [0.15, 0.2) is 6.61 Å². The van der Waals surface area contributed by atoms with Gasteiger partial charge in [-0.05, 0) is 25.5 Å². The van der Waals surface area contributed by atoms with Gasteiger partial charge in [0.1, 0.15) is 11.5 Å². The number of ether oxygens (including phenoxy) is 1. The van der Waals surface area contributed by atoms with Crippen molar-refractivity contribution >= 4 is 29.7 Å². The summed E-state index contributed by atoms with van der Waals surface area (Å²) in [6, 6.07) is 10.7. The van der Waals surface area contributed by atoms with Crippen molar-refractivity contribution in [1.82, 2.24) is 15.1 Å². The molecule has 142 valence electrons. The van der Waals surface area contributed by atoms with Gasteiger partial charge >= 0.3 is 5.97 Å². The van der Waals surface area contributed by atoms with Crippen LogP contribution in [0.5, 0.6) is 0 Å². The Morgan fingerprint density at radius 1 is 1.19 bits per heavy atom. The maximum atomic E-state index is 12.3. The predicted molar refractivity (Wildman–Crippen MR) is 100 cm³/mol. The van der Waals surface area contributed by atoms with Crippen molar-refractivity contribution in [3.63, 3.8) is 0 Å². The van der Waals surface area contributed by atoms with Crippen LogP contribution in [0.4, 0.5) is 5.82 Å². The number of esters is 1. The number of carbonyl (C=O) groups is 3. The first kappa shape index (κ1) is 19.9. The largest absolute Gasteiger partial charge is 0.451 e. The summed E-state index contributed by atoms with van der Waals surface area (Å²) in [4.78, 5) is 35.7.